The van der Waals surface area contributed by atoms with Crippen LogP contribution in [0.15, 0.2) is 24.3 Å². The second kappa shape index (κ2) is 6.23. The van der Waals surface area contributed by atoms with E-state index in [1.54, 1.807) is 0 Å². The number of nitrogens with one attached hydrogen (secondary N) is 1. The highest BCUT2D eigenvalue weighted by Gasteiger charge is 2.09. The number of hydrogen-bond donors (Lipinski definition) is 2. The Bertz CT molecular complexity index is 337. The Balaban J connectivity index is 2.48. The van der Waals surface area contributed by atoms with Crippen LogP contribution in [0.3, 0.4) is 0 Å². The fourth-order valence-corrected chi connectivity index (χ4v) is 1.38. The molecule has 0 heterocycles. The summed E-state index contributed by atoms with van der Waals surface area (Å²) >= 11 is 0. The Morgan fingerprint density at radius 3 is 2.62 bits per heavy atom. The zero-order valence-corrected chi connectivity index (χ0v) is 9.24. The van der Waals surface area contributed by atoms with Crippen LogP contribution in [0.5, 0.6) is 0 Å². The molecule has 1 aromatic carbocycles. The molecule has 88 valence electrons. The zero-order chi connectivity index (χ0) is 12.0. The highest BCUT2D eigenvalue weighted by Crippen LogP contribution is 2.04. The molecule has 0 saturated carbocycles. The van der Waals surface area contributed by atoms with E-state index in [1.807, 2.05) is 6.92 Å². The fourth-order valence-electron chi connectivity index (χ4n) is 1.38. The standard InChI is InChI=1S/C12H16FNO2/c1-9(3-2-8-15)14-12(16)10-4-6-11(13)7-5-10/h4-7,9,15H,2-3,8H2,1H3,(H,14,16). The molecular formula is C12H16FNO2. The van der Waals surface area contributed by atoms with Crippen LogP contribution in [0.2, 0.25) is 0 Å². The molecule has 0 spiro atoms. The fraction of sp³-hybridized carbons (Fsp3) is 0.417. The first-order valence-corrected chi connectivity index (χ1v) is 5.30. The Morgan fingerprint density at radius 2 is 2.06 bits per heavy atom. The van der Waals surface area contributed by atoms with E-state index in [1.165, 1.54) is 24.3 Å². The first kappa shape index (κ1) is 12.6. The summed E-state index contributed by atoms with van der Waals surface area (Å²) in [5.41, 5.74) is 0.442. The molecule has 4 heteroatoms. The molecule has 16 heavy (non-hydrogen) atoms. The Morgan fingerprint density at radius 1 is 1.44 bits per heavy atom. The van der Waals surface area contributed by atoms with Gasteiger partial charge in [-0.1, -0.05) is 0 Å². The number of carbonyl (C=O) groups is 1. The summed E-state index contributed by atoms with van der Waals surface area (Å²) in [5, 5.41) is 11.4. The van der Waals surface area contributed by atoms with Crippen LogP contribution in [-0.2, 0) is 0 Å². The number of aliphatic hydroxyl groups is 1. The molecular weight excluding hydrogens is 209 g/mol. The van der Waals surface area contributed by atoms with Crippen LogP contribution in [0.25, 0.3) is 0 Å². The third-order valence-electron chi connectivity index (χ3n) is 2.28. The van der Waals surface area contributed by atoms with Gasteiger partial charge in [0.05, 0.1) is 0 Å². The number of hydrogen-bond acceptors (Lipinski definition) is 2. The number of carbonyl (C=O) groups excluding carboxylic acids is 1. The van der Waals surface area contributed by atoms with Crippen LogP contribution in [0, 0.1) is 5.82 Å². The lowest BCUT2D eigenvalue weighted by Gasteiger charge is -2.12. The predicted octanol–water partition coefficient (Wildman–Crippen LogP) is 1.72. The topological polar surface area (TPSA) is 49.3 Å². The predicted molar refractivity (Wildman–Crippen MR) is 59.6 cm³/mol. The molecule has 1 aromatic rings. The number of rotatable bonds is 5. The van der Waals surface area contributed by atoms with E-state index in [4.69, 9.17) is 5.11 Å². The number of amides is 1. The van der Waals surface area contributed by atoms with Crippen LogP contribution < -0.4 is 5.32 Å². The lowest BCUT2D eigenvalue weighted by molar-refractivity contribution is 0.0936. The van der Waals surface area contributed by atoms with E-state index in [-0.39, 0.29) is 24.4 Å². The molecule has 1 unspecified atom stereocenters. The van der Waals surface area contributed by atoms with E-state index < -0.39 is 0 Å². The maximum absolute atomic E-state index is 12.6. The first-order chi connectivity index (χ1) is 7.63. The number of aliphatic hydroxyl groups excluding tert-OH is 1. The molecule has 0 aromatic heterocycles. The van der Waals surface area contributed by atoms with Crippen LogP contribution in [0.1, 0.15) is 30.1 Å². The second-order valence-electron chi connectivity index (χ2n) is 3.75. The van der Waals surface area contributed by atoms with Gasteiger partial charge in [-0.05, 0) is 44.0 Å². The molecule has 2 N–H and O–H groups in total. The van der Waals surface area contributed by atoms with Crippen molar-refractivity contribution in [1.29, 1.82) is 0 Å². The van der Waals surface area contributed by atoms with Crippen molar-refractivity contribution in [3.8, 4) is 0 Å². The van der Waals surface area contributed by atoms with E-state index in [2.05, 4.69) is 5.32 Å². The summed E-state index contributed by atoms with van der Waals surface area (Å²) in [7, 11) is 0. The summed E-state index contributed by atoms with van der Waals surface area (Å²) in [6.45, 7) is 1.99. The lowest BCUT2D eigenvalue weighted by atomic mass is 10.1. The van der Waals surface area contributed by atoms with Gasteiger partial charge in [-0.2, -0.15) is 0 Å². The molecule has 1 rings (SSSR count). The Kier molecular flexibility index (Phi) is 4.92. The van der Waals surface area contributed by atoms with Gasteiger partial charge in [-0.25, -0.2) is 4.39 Å². The van der Waals surface area contributed by atoms with Crippen molar-refractivity contribution in [3.05, 3.63) is 35.6 Å². The van der Waals surface area contributed by atoms with Crippen LogP contribution >= 0.6 is 0 Å². The molecule has 0 aliphatic carbocycles. The van der Waals surface area contributed by atoms with E-state index in [9.17, 15) is 9.18 Å². The molecule has 0 bridgehead atoms. The minimum atomic E-state index is -0.357. The van der Waals surface area contributed by atoms with Gasteiger partial charge in [-0.15, -0.1) is 0 Å². The largest absolute Gasteiger partial charge is 0.396 e. The van der Waals surface area contributed by atoms with E-state index in [0.717, 1.165) is 6.42 Å². The molecule has 0 aliphatic rings. The van der Waals surface area contributed by atoms with Crippen molar-refractivity contribution in [2.75, 3.05) is 6.61 Å². The third-order valence-corrected chi connectivity index (χ3v) is 2.28. The molecule has 0 radical (unpaired) electrons. The van der Waals surface area contributed by atoms with Crippen molar-refractivity contribution in [2.45, 2.75) is 25.8 Å². The summed E-state index contributed by atoms with van der Waals surface area (Å²) < 4.78 is 12.6. The molecule has 0 saturated heterocycles. The SMILES string of the molecule is CC(CCCO)NC(=O)c1ccc(F)cc1. The van der Waals surface area contributed by atoms with Crippen molar-refractivity contribution >= 4 is 5.91 Å². The highest BCUT2D eigenvalue weighted by molar-refractivity contribution is 5.94. The maximum Gasteiger partial charge on any atom is 0.251 e. The van der Waals surface area contributed by atoms with E-state index in [0.29, 0.717) is 12.0 Å². The quantitative estimate of drug-likeness (QED) is 0.801. The average Bonchev–Trinajstić information content (AvgIpc) is 2.27. The lowest BCUT2D eigenvalue weighted by Crippen LogP contribution is -2.32. The minimum absolute atomic E-state index is 0.00435. The monoisotopic (exact) mass is 225 g/mol. The van der Waals surface area contributed by atoms with Crippen molar-refractivity contribution < 1.29 is 14.3 Å². The third kappa shape index (κ3) is 3.98. The molecule has 3 nitrogen and oxygen atoms in total. The van der Waals surface area contributed by atoms with Gasteiger partial charge in [0.15, 0.2) is 0 Å². The highest BCUT2D eigenvalue weighted by atomic mass is 19.1. The van der Waals surface area contributed by atoms with Gasteiger partial charge < -0.3 is 10.4 Å². The first-order valence-electron chi connectivity index (χ1n) is 5.30. The Labute approximate surface area is 94.3 Å². The zero-order valence-electron chi connectivity index (χ0n) is 9.24. The van der Waals surface area contributed by atoms with Gasteiger partial charge in [0.2, 0.25) is 0 Å². The van der Waals surface area contributed by atoms with Crippen molar-refractivity contribution in [3.63, 3.8) is 0 Å². The van der Waals surface area contributed by atoms with E-state index >= 15 is 0 Å². The van der Waals surface area contributed by atoms with Gasteiger partial charge >= 0.3 is 0 Å². The number of halogens is 1. The van der Waals surface area contributed by atoms with Crippen molar-refractivity contribution in [1.82, 2.24) is 5.32 Å². The van der Waals surface area contributed by atoms with Crippen LogP contribution in [0.4, 0.5) is 4.39 Å². The average molecular weight is 225 g/mol. The summed E-state index contributed by atoms with van der Waals surface area (Å²) in [6, 6.07) is 5.41. The van der Waals surface area contributed by atoms with Crippen molar-refractivity contribution in [2.24, 2.45) is 0 Å². The van der Waals surface area contributed by atoms with Gasteiger partial charge in [-0.3, -0.25) is 4.79 Å². The van der Waals surface area contributed by atoms with Gasteiger partial charge in [0.1, 0.15) is 5.82 Å². The molecule has 0 fully saturated rings. The summed E-state index contributed by atoms with van der Waals surface area (Å²) in [4.78, 5) is 11.6. The van der Waals surface area contributed by atoms with Crippen LogP contribution in [-0.4, -0.2) is 23.7 Å². The maximum atomic E-state index is 12.6. The molecule has 0 aliphatic heterocycles. The normalized spacial score (nSPS) is 12.2. The molecule has 1 amide bonds. The van der Waals surface area contributed by atoms with Gasteiger partial charge in [0, 0.05) is 18.2 Å². The van der Waals surface area contributed by atoms with Gasteiger partial charge in [0.25, 0.3) is 5.91 Å². The summed E-state index contributed by atoms with van der Waals surface area (Å²) in [5.74, 6) is -0.574. The smallest absolute Gasteiger partial charge is 0.251 e. The molecule has 1 atom stereocenters. The second-order valence-corrected chi connectivity index (χ2v) is 3.75. The number of benzene rings is 1. The Hall–Kier alpha value is -1.42. The summed E-state index contributed by atoms with van der Waals surface area (Å²) in [6.07, 6.45) is 1.38. The minimum Gasteiger partial charge on any atom is -0.396 e.